The van der Waals surface area contributed by atoms with Crippen LogP contribution in [0.5, 0.6) is 0 Å². The van der Waals surface area contributed by atoms with Crippen LogP contribution in [0.2, 0.25) is 0 Å². The lowest BCUT2D eigenvalue weighted by Crippen LogP contribution is -2.49. The number of hydrogen-bond donors (Lipinski definition) is 2. The number of hydrogen-bond acceptors (Lipinski definition) is 9. The van der Waals surface area contributed by atoms with E-state index in [1.54, 1.807) is 12.3 Å². The SMILES string of the molecule is CCC(C)C(CC(=O)C1CCCCN1C)C(=O)N(Cc1ccccc1)[C@H](C[C@@H](OC(C)=O)c1nc(C(=O)N[C@@H](Cc2ccccc2)C[C@H](C)C(=O)O)cs1)C(C)C. The monoisotopic (exact) mass is 802 g/mol. The second-order valence-corrected chi connectivity index (χ2v) is 17.0. The number of ether oxygens (including phenoxy) is 1. The van der Waals surface area contributed by atoms with Gasteiger partial charge in [0.1, 0.15) is 10.7 Å². The van der Waals surface area contributed by atoms with Gasteiger partial charge in [-0.1, -0.05) is 108 Å². The van der Waals surface area contributed by atoms with Gasteiger partial charge in [-0.25, -0.2) is 4.98 Å². The molecule has 11 nitrogen and oxygen atoms in total. The number of nitrogens with one attached hydrogen (secondary N) is 1. The van der Waals surface area contributed by atoms with E-state index in [1.165, 1.54) is 18.3 Å². The number of likely N-dealkylation sites (tertiary alicyclic amines) is 1. The number of carboxylic acid groups (broad SMARTS) is 1. The van der Waals surface area contributed by atoms with Gasteiger partial charge >= 0.3 is 11.9 Å². The standard InChI is InChI=1S/C45H62N4O7S/c1-8-30(4)36(25-40(51)38-21-15-16-22-48(38)7)44(53)49(27-34-19-13-10-14-20-34)39(29(2)3)26-41(56-32(6)50)43-47-37(28-57-43)42(52)46-35(23-31(5)45(54)55)24-33-17-11-9-12-18-33/h9-14,17-20,28-31,35-36,38-39,41H,8,15-16,21-27H2,1-7H3,(H,46,52)(H,54,55)/t30?,31-,35+,36?,38?,39+,41+/m0/s1. The molecule has 0 radical (unpaired) electrons. The van der Waals surface area contributed by atoms with Gasteiger partial charge in [-0.2, -0.15) is 0 Å². The third-order valence-corrected chi connectivity index (χ3v) is 12.3. The highest BCUT2D eigenvalue weighted by molar-refractivity contribution is 7.09. The topological polar surface area (TPSA) is 146 Å². The number of ketones is 1. The number of amides is 2. The highest BCUT2D eigenvalue weighted by atomic mass is 32.1. The van der Waals surface area contributed by atoms with Crippen molar-refractivity contribution in [1.82, 2.24) is 20.1 Å². The molecule has 7 atom stereocenters. The molecule has 4 rings (SSSR count). The lowest BCUT2D eigenvalue weighted by atomic mass is 9.82. The van der Waals surface area contributed by atoms with E-state index in [2.05, 4.69) is 15.2 Å². The van der Waals surface area contributed by atoms with E-state index in [0.29, 0.717) is 18.0 Å². The van der Waals surface area contributed by atoms with Crippen LogP contribution in [0.3, 0.4) is 0 Å². The summed E-state index contributed by atoms with van der Waals surface area (Å²) >= 11 is 1.20. The number of Topliss-reactive ketones (excluding diaryl/α,β-unsaturated/α-hetero) is 1. The van der Waals surface area contributed by atoms with Gasteiger partial charge < -0.3 is 20.1 Å². The second-order valence-electron chi connectivity index (χ2n) is 16.2. The predicted molar refractivity (Wildman–Crippen MR) is 223 cm³/mol. The minimum Gasteiger partial charge on any atom is -0.481 e. The van der Waals surface area contributed by atoms with E-state index in [-0.39, 0.29) is 54.5 Å². The first-order valence-corrected chi connectivity index (χ1v) is 21.3. The van der Waals surface area contributed by atoms with Crippen LogP contribution < -0.4 is 5.32 Å². The number of carboxylic acids is 1. The van der Waals surface area contributed by atoms with Crippen molar-refractivity contribution in [3.8, 4) is 0 Å². The van der Waals surface area contributed by atoms with Crippen LogP contribution in [0.1, 0.15) is 119 Å². The van der Waals surface area contributed by atoms with E-state index >= 15 is 4.79 Å². The van der Waals surface area contributed by atoms with Crippen molar-refractivity contribution in [2.24, 2.45) is 23.7 Å². The zero-order chi connectivity index (χ0) is 41.6. The maximum atomic E-state index is 15.0. The second kappa shape index (κ2) is 21.9. The van der Waals surface area contributed by atoms with Crippen LogP contribution in [-0.4, -0.2) is 81.1 Å². The fraction of sp³-hybridized carbons (Fsp3) is 0.556. The molecule has 2 amide bonds. The normalized spacial score (nSPS) is 17.8. The van der Waals surface area contributed by atoms with Crippen LogP contribution in [0, 0.1) is 23.7 Å². The summed E-state index contributed by atoms with van der Waals surface area (Å²) in [7, 11) is 1.99. The summed E-state index contributed by atoms with van der Waals surface area (Å²) in [6, 6.07) is 18.3. The van der Waals surface area contributed by atoms with Crippen LogP contribution in [-0.2, 0) is 36.9 Å². The molecule has 0 aliphatic carbocycles. The highest BCUT2D eigenvalue weighted by Gasteiger charge is 2.39. The largest absolute Gasteiger partial charge is 0.481 e. The summed E-state index contributed by atoms with van der Waals surface area (Å²) in [4.78, 5) is 75.6. The average molecular weight is 803 g/mol. The van der Waals surface area contributed by atoms with Crippen molar-refractivity contribution in [3.05, 3.63) is 87.9 Å². The highest BCUT2D eigenvalue weighted by Crippen LogP contribution is 2.34. The molecule has 3 unspecified atom stereocenters. The summed E-state index contributed by atoms with van der Waals surface area (Å²) < 4.78 is 5.93. The van der Waals surface area contributed by atoms with Gasteiger partial charge in [0.25, 0.3) is 5.91 Å². The van der Waals surface area contributed by atoms with Crippen molar-refractivity contribution in [1.29, 1.82) is 0 Å². The van der Waals surface area contributed by atoms with Crippen LogP contribution in [0.25, 0.3) is 0 Å². The Morgan fingerprint density at radius 3 is 2.19 bits per heavy atom. The Bertz CT molecular complexity index is 1770. The van der Waals surface area contributed by atoms with Gasteiger partial charge in [0.2, 0.25) is 5.91 Å². The molecule has 0 bridgehead atoms. The van der Waals surface area contributed by atoms with Crippen molar-refractivity contribution in [3.63, 3.8) is 0 Å². The quantitative estimate of drug-likeness (QED) is 0.103. The molecule has 1 saturated heterocycles. The van der Waals surface area contributed by atoms with Gasteiger partial charge in [0.15, 0.2) is 11.9 Å². The Morgan fingerprint density at radius 2 is 1.61 bits per heavy atom. The summed E-state index contributed by atoms with van der Waals surface area (Å²) in [6.07, 6.45) is 3.78. The van der Waals surface area contributed by atoms with E-state index in [0.717, 1.165) is 43.4 Å². The molecule has 0 saturated carbocycles. The molecule has 1 aliphatic heterocycles. The average Bonchev–Trinajstić information content (AvgIpc) is 3.68. The number of carbonyl (C=O) groups is 5. The van der Waals surface area contributed by atoms with Gasteiger partial charge in [-0.15, -0.1) is 11.3 Å². The van der Waals surface area contributed by atoms with Gasteiger partial charge in [-0.05, 0) is 62.2 Å². The molecule has 2 aromatic carbocycles. The fourth-order valence-corrected chi connectivity index (χ4v) is 8.64. The number of esters is 1. The first-order valence-electron chi connectivity index (χ1n) is 20.5. The molecule has 1 aliphatic rings. The van der Waals surface area contributed by atoms with Crippen LogP contribution >= 0.6 is 11.3 Å². The third kappa shape index (κ3) is 13.3. The number of nitrogens with zero attached hydrogens (tertiary/aromatic N) is 3. The fourth-order valence-electron chi connectivity index (χ4n) is 7.80. The Labute approximate surface area is 342 Å². The smallest absolute Gasteiger partial charge is 0.306 e. The molecule has 1 aromatic heterocycles. The minimum absolute atomic E-state index is 0.0464. The molecule has 2 N–H and O–H groups in total. The van der Waals surface area contributed by atoms with Gasteiger partial charge in [0.05, 0.1) is 12.0 Å². The zero-order valence-electron chi connectivity index (χ0n) is 34.7. The molecule has 2 heterocycles. The number of benzene rings is 2. The van der Waals surface area contributed by atoms with Gasteiger partial charge in [-0.3, -0.25) is 28.9 Å². The minimum atomic E-state index is -0.944. The Morgan fingerprint density at radius 1 is 0.965 bits per heavy atom. The maximum Gasteiger partial charge on any atom is 0.306 e. The number of piperidine rings is 1. The number of aromatic nitrogens is 1. The van der Waals surface area contributed by atoms with Crippen LogP contribution in [0.4, 0.5) is 0 Å². The molecule has 3 aromatic rings. The first-order chi connectivity index (χ1) is 27.2. The van der Waals surface area contributed by atoms with E-state index in [4.69, 9.17) is 4.74 Å². The number of thiazole rings is 1. The van der Waals surface area contributed by atoms with Gasteiger partial charge in [0, 0.05) is 49.7 Å². The Hall–Kier alpha value is -4.42. The summed E-state index contributed by atoms with van der Waals surface area (Å²) in [6.45, 7) is 12.3. The summed E-state index contributed by atoms with van der Waals surface area (Å²) in [5, 5.41) is 14.7. The lowest BCUT2D eigenvalue weighted by molar-refractivity contribution is -0.150. The number of likely N-dealkylation sites (N-methyl/N-ethyl adjacent to an activating group) is 1. The molecule has 1 fully saturated rings. The molecular weight excluding hydrogens is 741 g/mol. The number of rotatable bonds is 21. The lowest BCUT2D eigenvalue weighted by Gasteiger charge is -2.40. The Kier molecular flexibility index (Phi) is 17.4. The molecule has 0 spiro atoms. The summed E-state index contributed by atoms with van der Waals surface area (Å²) in [5.41, 5.74) is 2.04. The molecule has 310 valence electrons. The van der Waals surface area contributed by atoms with Crippen molar-refractivity contribution < 1.29 is 33.8 Å². The maximum absolute atomic E-state index is 15.0. The predicted octanol–water partition coefficient (Wildman–Crippen LogP) is 7.75. The zero-order valence-corrected chi connectivity index (χ0v) is 35.5. The Balaban J connectivity index is 1.64. The molecule has 12 heteroatoms. The van der Waals surface area contributed by atoms with Crippen molar-refractivity contribution in [2.45, 2.75) is 124 Å². The van der Waals surface area contributed by atoms with Crippen molar-refractivity contribution in [2.75, 3.05) is 13.6 Å². The third-order valence-electron chi connectivity index (χ3n) is 11.4. The van der Waals surface area contributed by atoms with Crippen molar-refractivity contribution >= 4 is 40.9 Å². The number of aliphatic carboxylic acids is 1. The first kappa shape index (κ1) is 45.3. The molecule has 57 heavy (non-hydrogen) atoms. The van der Waals surface area contributed by atoms with E-state index < -0.39 is 47.9 Å². The molecular formula is C45H62N4O7S. The number of carbonyl (C=O) groups excluding carboxylic acids is 4. The van der Waals surface area contributed by atoms with E-state index in [9.17, 15) is 24.3 Å². The van der Waals surface area contributed by atoms with E-state index in [1.807, 2.05) is 100 Å². The van der Waals surface area contributed by atoms with Crippen LogP contribution in [0.15, 0.2) is 66.0 Å². The summed E-state index contributed by atoms with van der Waals surface area (Å²) in [5.74, 6) is -3.25.